The van der Waals surface area contributed by atoms with E-state index >= 15 is 0 Å². The molecule has 2 rings (SSSR count). The smallest absolute Gasteiger partial charge is 0.296 e. The normalized spacial score (nSPS) is 12.2. The fourth-order valence-corrected chi connectivity index (χ4v) is 2.39. The largest absolute Gasteiger partial charge is 0.451 e. The summed E-state index contributed by atoms with van der Waals surface area (Å²) < 4.78 is 28.9. The van der Waals surface area contributed by atoms with E-state index in [2.05, 4.69) is 15.2 Å². The summed E-state index contributed by atoms with van der Waals surface area (Å²) in [6.07, 6.45) is 2.58. The SMILES string of the molecule is CC(C)n1c(-c2cocn2)nnc1S(=O)(=O)Cl. The molecule has 0 aliphatic carbocycles. The summed E-state index contributed by atoms with van der Waals surface area (Å²) in [4.78, 5) is 3.90. The van der Waals surface area contributed by atoms with Crippen LogP contribution in [0.3, 0.4) is 0 Å². The van der Waals surface area contributed by atoms with E-state index in [4.69, 9.17) is 15.1 Å². The average molecular weight is 277 g/mol. The molecule has 0 bridgehead atoms. The Bertz CT molecular complexity index is 617. The summed E-state index contributed by atoms with van der Waals surface area (Å²) in [7, 11) is 1.34. The summed E-state index contributed by atoms with van der Waals surface area (Å²) in [6.45, 7) is 3.58. The van der Waals surface area contributed by atoms with Crippen molar-refractivity contribution in [3.05, 3.63) is 12.7 Å². The second-order valence-corrected chi connectivity index (χ2v) is 6.04. The Morgan fingerprint density at radius 1 is 1.41 bits per heavy atom. The molecule has 0 saturated carbocycles. The van der Waals surface area contributed by atoms with Crippen molar-refractivity contribution in [2.24, 2.45) is 0 Å². The molecule has 0 amide bonds. The highest BCUT2D eigenvalue weighted by atomic mass is 35.7. The number of nitrogens with zero attached hydrogens (tertiary/aromatic N) is 4. The lowest BCUT2D eigenvalue weighted by Gasteiger charge is -2.10. The van der Waals surface area contributed by atoms with Gasteiger partial charge < -0.3 is 4.42 Å². The Hall–Kier alpha value is -1.41. The van der Waals surface area contributed by atoms with Gasteiger partial charge in [0, 0.05) is 16.7 Å². The summed E-state index contributed by atoms with van der Waals surface area (Å²) in [5.74, 6) is 0.299. The predicted octanol–water partition coefficient (Wildman–Crippen LogP) is 1.44. The van der Waals surface area contributed by atoms with E-state index in [1.54, 1.807) is 13.8 Å². The van der Waals surface area contributed by atoms with E-state index in [1.807, 2.05) is 0 Å². The number of rotatable bonds is 3. The molecule has 0 atom stereocenters. The van der Waals surface area contributed by atoms with Crippen LogP contribution in [0, 0.1) is 0 Å². The zero-order valence-electron chi connectivity index (χ0n) is 9.03. The fourth-order valence-electron chi connectivity index (χ4n) is 1.41. The van der Waals surface area contributed by atoms with Crippen molar-refractivity contribution in [2.75, 3.05) is 0 Å². The summed E-state index contributed by atoms with van der Waals surface area (Å²) in [5, 5.41) is 7.05. The molecule has 0 aromatic carbocycles. The maximum absolute atomic E-state index is 11.3. The van der Waals surface area contributed by atoms with Gasteiger partial charge in [-0.2, -0.15) is 0 Å². The van der Waals surface area contributed by atoms with Gasteiger partial charge in [0.2, 0.25) is 0 Å². The highest BCUT2D eigenvalue weighted by Crippen LogP contribution is 2.24. The van der Waals surface area contributed by atoms with Crippen LogP contribution in [0.2, 0.25) is 0 Å². The first-order valence-corrected chi connectivity index (χ1v) is 7.00. The van der Waals surface area contributed by atoms with Crippen LogP contribution in [-0.4, -0.2) is 28.2 Å². The fraction of sp³-hybridized carbons (Fsp3) is 0.375. The molecular weight excluding hydrogens is 268 g/mol. The van der Waals surface area contributed by atoms with Crippen LogP contribution < -0.4 is 0 Å². The zero-order chi connectivity index (χ0) is 12.6. The van der Waals surface area contributed by atoms with Crippen LogP contribution in [0.5, 0.6) is 0 Å². The predicted molar refractivity (Wildman–Crippen MR) is 58.9 cm³/mol. The second kappa shape index (κ2) is 4.11. The molecule has 0 fully saturated rings. The molecule has 0 N–H and O–H groups in total. The number of oxazole rings is 1. The van der Waals surface area contributed by atoms with Crippen molar-refractivity contribution in [1.29, 1.82) is 0 Å². The molecular formula is C8H9ClN4O3S. The first-order chi connectivity index (χ1) is 7.91. The van der Waals surface area contributed by atoms with Crippen molar-refractivity contribution in [1.82, 2.24) is 19.7 Å². The summed E-state index contributed by atoms with van der Waals surface area (Å²) in [5.41, 5.74) is 0.401. The van der Waals surface area contributed by atoms with Crippen molar-refractivity contribution in [2.45, 2.75) is 25.0 Å². The number of hydrogen-bond acceptors (Lipinski definition) is 6. The lowest BCUT2D eigenvalue weighted by Crippen LogP contribution is -2.10. The monoisotopic (exact) mass is 276 g/mol. The van der Waals surface area contributed by atoms with Gasteiger partial charge in [0.05, 0.1) is 0 Å². The first kappa shape index (κ1) is 12.1. The molecule has 17 heavy (non-hydrogen) atoms. The van der Waals surface area contributed by atoms with Crippen molar-refractivity contribution >= 4 is 19.7 Å². The zero-order valence-corrected chi connectivity index (χ0v) is 10.6. The second-order valence-electron chi connectivity index (χ2n) is 3.58. The number of aromatic nitrogens is 4. The lowest BCUT2D eigenvalue weighted by atomic mass is 10.3. The molecule has 0 radical (unpaired) electrons. The minimum absolute atomic E-state index is 0.180. The molecule has 2 aromatic heterocycles. The molecule has 2 heterocycles. The molecule has 7 nitrogen and oxygen atoms in total. The van der Waals surface area contributed by atoms with Gasteiger partial charge in [-0.3, -0.25) is 4.57 Å². The van der Waals surface area contributed by atoms with E-state index < -0.39 is 9.05 Å². The van der Waals surface area contributed by atoms with E-state index in [0.717, 1.165) is 0 Å². The van der Waals surface area contributed by atoms with E-state index in [0.29, 0.717) is 11.5 Å². The van der Waals surface area contributed by atoms with Gasteiger partial charge in [0.1, 0.15) is 12.0 Å². The van der Waals surface area contributed by atoms with Crippen LogP contribution >= 0.6 is 10.7 Å². The van der Waals surface area contributed by atoms with E-state index in [9.17, 15) is 8.42 Å². The molecule has 0 unspecified atom stereocenters. The highest BCUT2D eigenvalue weighted by molar-refractivity contribution is 8.13. The van der Waals surface area contributed by atoms with Crippen molar-refractivity contribution in [3.63, 3.8) is 0 Å². The summed E-state index contributed by atoms with van der Waals surface area (Å²) in [6, 6.07) is -0.180. The van der Waals surface area contributed by atoms with Crippen molar-refractivity contribution in [3.8, 4) is 11.5 Å². The van der Waals surface area contributed by atoms with Crippen LogP contribution in [0.4, 0.5) is 0 Å². The molecule has 2 aromatic rings. The minimum atomic E-state index is -3.95. The number of hydrogen-bond donors (Lipinski definition) is 0. The minimum Gasteiger partial charge on any atom is -0.451 e. The Morgan fingerprint density at radius 2 is 2.12 bits per heavy atom. The molecule has 0 saturated heterocycles. The van der Waals surface area contributed by atoms with E-state index in [-0.39, 0.29) is 11.2 Å². The Kier molecular flexibility index (Phi) is 2.92. The van der Waals surface area contributed by atoms with Crippen molar-refractivity contribution < 1.29 is 12.8 Å². The first-order valence-electron chi connectivity index (χ1n) is 4.69. The maximum atomic E-state index is 11.3. The standard InChI is InChI=1S/C8H9ClN4O3S/c1-5(2)13-7(6-3-16-4-10-6)11-12-8(13)17(9,14)15/h3-5H,1-2H3. The van der Waals surface area contributed by atoms with Gasteiger partial charge in [-0.1, -0.05) is 0 Å². The Labute approximate surface area is 102 Å². The molecule has 0 aliphatic rings. The molecule has 0 aliphatic heterocycles. The molecule has 0 spiro atoms. The van der Waals surface area contributed by atoms with Gasteiger partial charge in [0.25, 0.3) is 14.2 Å². The van der Waals surface area contributed by atoms with Crippen LogP contribution in [0.25, 0.3) is 11.5 Å². The maximum Gasteiger partial charge on any atom is 0.296 e. The third-order valence-corrected chi connectivity index (χ3v) is 3.19. The van der Waals surface area contributed by atoms with Crippen LogP contribution in [-0.2, 0) is 9.05 Å². The third kappa shape index (κ3) is 2.18. The van der Waals surface area contributed by atoms with Crippen LogP contribution in [0.1, 0.15) is 19.9 Å². The van der Waals surface area contributed by atoms with Gasteiger partial charge in [-0.05, 0) is 13.8 Å². The lowest BCUT2D eigenvalue weighted by molar-refractivity contribution is 0.529. The summed E-state index contributed by atoms with van der Waals surface area (Å²) >= 11 is 0. The van der Waals surface area contributed by atoms with Gasteiger partial charge in [-0.25, -0.2) is 13.4 Å². The van der Waals surface area contributed by atoms with Gasteiger partial charge >= 0.3 is 0 Å². The average Bonchev–Trinajstić information content (AvgIpc) is 2.84. The Balaban J connectivity index is 2.68. The van der Waals surface area contributed by atoms with Gasteiger partial charge in [0.15, 0.2) is 12.2 Å². The number of halogens is 1. The molecule has 9 heteroatoms. The van der Waals surface area contributed by atoms with Gasteiger partial charge in [-0.15, -0.1) is 10.2 Å². The van der Waals surface area contributed by atoms with Crippen LogP contribution in [0.15, 0.2) is 22.2 Å². The quantitative estimate of drug-likeness (QED) is 0.788. The topological polar surface area (TPSA) is 90.9 Å². The third-order valence-electron chi connectivity index (χ3n) is 2.06. The highest BCUT2D eigenvalue weighted by Gasteiger charge is 2.25. The van der Waals surface area contributed by atoms with E-state index in [1.165, 1.54) is 17.2 Å². The Morgan fingerprint density at radius 3 is 2.59 bits per heavy atom. The molecule has 92 valence electrons.